The second-order valence-corrected chi connectivity index (χ2v) is 8.65. The number of rotatable bonds is 9. The number of halogens is 1. The summed E-state index contributed by atoms with van der Waals surface area (Å²) < 4.78 is 1.60. The molecule has 0 spiro atoms. The van der Waals surface area contributed by atoms with Crippen molar-refractivity contribution in [2.24, 2.45) is 0 Å². The summed E-state index contributed by atoms with van der Waals surface area (Å²) in [5, 5.41) is 10.6. The number of carbonyl (C=O) groups excluding carboxylic acids is 2. The summed E-state index contributed by atoms with van der Waals surface area (Å²) in [7, 11) is 7.85. The molecule has 9 heteroatoms. The van der Waals surface area contributed by atoms with E-state index in [-0.39, 0.29) is 11.8 Å². The number of amides is 2. The van der Waals surface area contributed by atoms with Gasteiger partial charge in [-0.1, -0.05) is 29.8 Å². The molecule has 2 aromatic heterocycles. The molecule has 8 nitrogen and oxygen atoms in total. The molecule has 0 aliphatic carbocycles. The Labute approximate surface area is 198 Å². The molecule has 1 aromatic carbocycles. The van der Waals surface area contributed by atoms with Gasteiger partial charge < -0.3 is 20.4 Å². The van der Waals surface area contributed by atoms with Crippen LogP contribution < -0.4 is 10.6 Å². The van der Waals surface area contributed by atoms with Gasteiger partial charge in [-0.05, 0) is 58.4 Å². The van der Waals surface area contributed by atoms with Gasteiger partial charge in [0.15, 0.2) is 0 Å². The molecule has 2 heterocycles. The Kier molecular flexibility index (Phi) is 8.21. The number of aromatic nitrogens is 2. The standard InChI is InChI=1S/C24H29ClN6O2/c1-29(2)12-7-10-23(32)27-21-16-31-22(14-17(21)11-13-30(3)4)18(15-26-31)24(33)28-20-9-6-5-8-19(20)25/h5-10,14-16H,11-13H2,1-4H3,(H,27,32)(H,28,33)/b10-7+. The number of nitrogens with zero attached hydrogens (tertiary/aromatic N) is 4. The first-order valence-electron chi connectivity index (χ1n) is 10.6. The minimum atomic E-state index is -0.305. The van der Waals surface area contributed by atoms with Crippen molar-refractivity contribution in [2.75, 3.05) is 51.9 Å². The van der Waals surface area contributed by atoms with Gasteiger partial charge in [0.25, 0.3) is 5.91 Å². The molecule has 174 valence electrons. The highest BCUT2D eigenvalue weighted by Crippen LogP contribution is 2.24. The topological polar surface area (TPSA) is 82.0 Å². The second-order valence-electron chi connectivity index (χ2n) is 8.24. The Morgan fingerprint density at radius 3 is 2.55 bits per heavy atom. The van der Waals surface area contributed by atoms with Crippen molar-refractivity contribution in [3.8, 4) is 0 Å². The van der Waals surface area contributed by atoms with Crippen LogP contribution in [0.4, 0.5) is 11.4 Å². The van der Waals surface area contributed by atoms with Crippen LogP contribution in [0.2, 0.25) is 5.02 Å². The van der Waals surface area contributed by atoms with Gasteiger partial charge in [0.2, 0.25) is 5.91 Å². The summed E-state index contributed by atoms with van der Waals surface area (Å²) in [5.41, 5.74) is 3.17. The van der Waals surface area contributed by atoms with E-state index in [0.29, 0.717) is 40.4 Å². The van der Waals surface area contributed by atoms with Gasteiger partial charge in [-0.25, -0.2) is 4.52 Å². The van der Waals surface area contributed by atoms with E-state index in [1.165, 1.54) is 12.3 Å². The Morgan fingerprint density at radius 1 is 1.09 bits per heavy atom. The molecule has 0 bridgehead atoms. The first-order valence-corrected chi connectivity index (χ1v) is 11.0. The SMILES string of the molecule is CN(C)C/C=C/C(=O)Nc1cn2ncc(C(=O)Nc3ccccc3Cl)c2cc1CCN(C)C. The van der Waals surface area contributed by atoms with Gasteiger partial charge in [-0.2, -0.15) is 5.10 Å². The van der Waals surface area contributed by atoms with E-state index in [1.807, 2.05) is 39.2 Å². The molecule has 0 aliphatic rings. The number of likely N-dealkylation sites (N-methyl/N-ethyl adjacent to an activating group) is 2. The Hall–Kier alpha value is -3.20. The van der Waals surface area contributed by atoms with Crippen molar-refractivity contribution in [2.45, 2.75) is 6.42 Å². The average Bonchev–Trinajstić information content (AvgIpc) is 3.16. The van der Waals surface area contributed by atoms with Crippen molar-refractivity contribution >= 4 is 40.3 Å². The van der Waals surface area contributed by atoms with Crippen LogP contribution in [0.3, 0.4) is 0 Å². The quantitative estimate of drug-likeness (QED) is 0.470. The number of fused-ring (bicyclic) bond motifs is 1. The van der Waals surface area contributed by atoms with Crippen molar-refractivity contribution in [3.63, 3.8) is 0 Å². The van der Waals surface area contributed by atoms with Gasteiger partial charge in [-0.15, -0.1) is 0 Å². The number of nitrogens with one attached hydrogen (secondary N) is 2. The molecule has 0 radical (unpaired) electrons. The van der Waals surface area contributed by atoms with Gasteiger partial charge in [0.05, 0.1) is 39.9 Å². The molecular weight excluding hydrogens is 440 g/mol. The monoisotopic (exact) mass is 468 g/mol. The highest BCUT2D eigenvalue weighted by Gasteiger charge is 2.17. The summed E-state index contributed by atoms with van der Waals surface area (Å²) >= 11 is 6.18. The smallest absolute Gasteiger partial charge is 0.259 e. The molecule has 3 aromatic rings. The van der Waals surface area contributed by atoms with Crippen LogP contribution in [-0.2, 0) is 11.2 Å². The molecule has 0 unspecified atom stereocenters. The average molecular weight is 469 g/mol. The second kappa shape index (κ2) is 11.1. The van der Waals surface area contributed by atoms with Crippen LogP contribution in [0.5, 0.6) is 0 Å². The fraction of sp³-hybridized carbons (Fsp3) is 0.292. The van der Waals surface area contributed by atoms with E-state index in [2.05, 4.69) is 20.6 Å². The zero-order valence-electron chi connectivity index (χ0n) is 19.3. The van der Waals surface area contributed by atoms with Crippen molar-refractivity contribution in [1.82, 2.24) is 19.4 Å². The number of carbonyl (C=O) groups is 2. The Bertz CT molecular complexity index is 1170. The van der Waals surface area contributed by atoms with Gasteiger partial charge in [-0.3, -0.25) is 9.59 Å². The van der Waals surface area contributed by atoms with Crippen LogP contribution in [0.25, 0.3) is 5.52 Å². The van der Waals surface area contributed by atoms with E-state index in [1.54, 1.807) is 41.1 Å². The van der Waals surface area contributed by atoms with Crippen molar-refractivity contribution < 1.29 is 9.59 Å². The molecular formula is C24H29ClN6O2. The van der Waals surface area contributed by atoms with Gasteiger partial charge in [0, 0.05) is 19.2 Å². The lowest BCUT2D eigenvalue weighted by Gasteiger charge is -2.14. The summed E-state index contributed by atoms with van der Waals surface area (Å²) in [6.07, 6.45) is 7.27. The van der Waals surface area contributed by atoms with E-state index in [9.17, 15) is 9.59 Å². The Balaban J connectivity index is 1.90. The summed E-state index contributed by atoms with van der Waals surface area (Å²) in [4.78, 5) is 29.4. The van der Waals surface area contributed by atoms with E-state index in [0.717, 1.165) is 12.1 Å². The van der Waals surface area contributed by atoms with Crippen LogP contribution in [0.15, 0.2) is 54.9 Å². The normalized spacial score (nSPS) is 11.6. The molecule has 2 amide bonds. The predicted octanol–water partition coefficient (Wildman–Crippen LogP) is 3.40. The molecule has 0 aliphatic heterocycles. The van der Waals surface area contributed by atoms with E-state index < -0.39 is 0 Å². The Morgan fingerprint density at radius 2 is 1.85 bits per heavy atom. The lowest BCUT2D eigenvalue weighted by Crippen LogP contribution is -2.18. The van der Waals surface area contributed by atoms with E-state index in [4.69, 9.17) is 11.6 Å². The first-order chi connectivity index (χ1) is 15.7. The molecule has 0 saturated heterocycles. The minimum Gasteiger partial charge on any atom is -0.321 e. The summed E-state index contributed by atoms with van der Waals surface area (Å²) in [6, 6.07) is 8.96. The largest absolute Gasteiger partial charge is 0.321 e. The third-order valence-electron chi connectivity index (χ3n) is 4.93. The van der Waals surface area contributed by atoms with Crippen molar-refractivity contribution in [3.05, 3.63) is 71.0 Å². The number of anilines is 2. The molecule has 0 saturated carbocycles. The lowest BCUT2D eigenvalue weighted by atomic mass is 10.1. The highest BCUT2D eigenvalue weighted by molar-refractivity contribution is 6.34. The third kappa shape index (κ3) is 6.64. The summed E-state index contributed by atoms with van der Waals surface area (Å²) in [6.45, 7) is 1.45. The lowest BCUT2D eigenvalue weighted by molar-refractivity contribution is -0.111. The molecule has 3 rings (SSSR count). The van der Waals surface area contributed by atoms with Crippen LogP contribution in [0, 0.1) is 0 Å². The van der Waals surface area contributed by atoms with Crippen LogP contribution in [0.1, 0.15) is 15.9 Å². The maximum Gasteiger partial charge on any atom is 0.259 e. The number of pyridine rings is 1. The number of hydrogen-bond donors (Lipinski definition) is 2. The maximum atomic E-state index is 12.9. The van der Waals surface area contributed by atoms with E-state index >= 15 is 0 Å². The molecule has 33 heavy (non-hydrogen) atoms. The third-order valence-corrected chi connectivity index (χ3v) is 5.26. The number of hydrogen-bond acceptors (Lipinski definition) is 5. The molecule has 0 atom stereocenters. The first kappa shape index (κ1) is 24.4. The highest BCUT2D eigenvalue weighted by atomic mass is 35.5. The zero-order valence-corrected chi connectivity index (χ0v) is 20.1. The minimum absolute atomic E-state index is 0.217. The van der Waals surface area contributed by atoms with Crippen LogP contribution in [-0.4, -0.2) is 72.5 Å². The molecule has 2 N–H and O–H groups in total. The number of benzene rings is 1. The predicted molar refractivity (Wildman–Crippen MR) is 133 cm³/mol. The fourth-order valence-corrected chi connectivity index (χ4v) is 3.38. The maximum absolute atomic E-state index is 12.9. The zero-order chi connectivity index (χ0) is 24.0. The van der Waals surface area contributed by atoms with Crippen LogP contribution >= 0.6 is 11.6 Å². The number of para-hydroxylation sites is 1. The van der Waals surface area contributed by atoms with Gasteiger partial charge in [0.1, 0.15) is 0 Å². The summed E-state index contributed by atoms with van der Waals surface area (Å²) in [5.74, 6) is -0.522. The fourth-order valence-electron chi connectivity index (χ4n) is 3.20. The van der Waals surface area contributed by atoms with Gasteiger partial charge >= 0.3 is 0 Å². The molecule has 0 fully saturated rings. The van der Waals surface area contributed by atoms with Crippen molar-refractivity contribution in [1.29, 1.82) is 0 Å².